The average Bonchev–Trinajstić information content (AvgIpc) is 2.31. The first kappa shape index (κ1) is 13.5. The van der Waals surface area contributed by atoms with Gasteiger partial charge in [-0.25, -0.2) is 0 Å². The van der Waals surface area contributed by atoms with Gasteiger partial charge in [-0.3, -0.25) is 0 Å². The molecule has 1 fully saturated rings. The van der Waals surface area contributed by atoms with E-state index in [0.29, 0.717) is 18.6 Å². The summed E-state index contributed by atoms with van der Waals surface area (Å²) >= 11 is 0. The zero-order valence-electron chi connectivity index (χ0n) is 10.4. The molecule has 0 atom stereocenters. The molecule has 0 aromatic heterocycles. The monoisotopic (exact) mass is 224 g/mol. The van der Waals surface area contributed by atoms with Crippen LogP contribution >= 0.6 is 0 Å². The zero-order valence-corrected chi connectivity index (χ0v) is 10.4. The number of hydrogen-bond donors (Lipinski definition) is 1. The summed E-state index contributed by atoms with van der Waals surface area (Å²) in [7, 11) is 0. The second-order valence-electron chi connectivity index (χ2n) is 4.52. The Morgan fingerprint density at radius 3 is 2.62 bits per heavy atom. The molecule has 92 valence electrons. The molecule has 1 aliphatic carbocycles. The molecule has 1 N–H and O–H groups in total. The Balaban J connectivity index is 1.98. The van der Waals surface area contributed by atoms with Crippen molar-refractivity contribution in [3.05, 3.63) is 0 Å². The first-order valence-electron chi connectivity index (χ1n) is 6.58. The Morgan fingerprint density at radius 2 is 2.00 bits per heavy atom. The predicted octanol–water partition coefficient (Wildman–Crippen LogP) is 2.62. The van der Waals surface area contributed by atoms with Crippen molar-refractivity contribution in [1.82, 2.24) is 5.32 Å². The van der Waals surface area contributed by atoms with Crippen LogP contribution in [0.25, 0.3) is 0 Å². The van der Waals surface area contributed by atoms with Crippen molar-refractivity contribution in [3.8, 4) is 6.07 Å². The molecule has 0 aromatic carbocycles. The Hall–Kier alpha value is -0.590. The normalized spacial score (nSPS) is 25.2. The van der Waals surface area contributed by atoms with E-state index in [4.69, 9.17) is 10.00 Å². The van der Waals surface area contributed by atoms with Crippen LogP contribution in [0.15, 0.2) is 0 Å². The Bertz CT molecular complexity index is 204. The van der Waals surface area contributed by atoms with E-state index >= 15 is 0 Å². The number of nitrogens with one attached hydrogen (secondary N) is 1. The second kappa shape index (κ2) is 8.55. The summed E-state index contributed by atoms with van der Waals surface area (Å²) in [6.07, 6.45) is 8.01. The van der Waals surface area contributed by atoms with Crippen LogP contribution < -0.4 is 5.32 Å². The molecular weight excluding hydrogens is 200 g/mol. The number of unbranched alkanes of at least 4 members (excludes halogenated alkanes) is 2. The third-order valence-electron chi connectivity index (χ3n) is 3.20. The summed E-state index contributed by atoms with van der Waals surface area (Å²) < 4.78 is 5.82. The van der Waals surface area contributed by atoms with Gasteiger partial charge in [0, 0.05) is 19.1 Å². The van der Waals surface area contributed by atoms with E-state index in [1.807, 2.05) is 0 Å². The van der Waals surface area contributed by atoms with Gasteiger partial charge in [-0.05, 0) is 45.1 Å². The van der Waals surface area contributed by atoms with E-state index in [0.717, 1.165) is 26.0 Å². The number of rotatable bonds is 7. The van der Waals surface area contributed by atoms with E-state index in [9.17, 15) is 0 Å². The van der Waals surface area contributed by atoms with E-state index in [1.165, 1.54) is 25.7 Å². The zero-order chi connectivity index (χ0) is 11.6. The maximum atomic E-state index is 8.40. The highest BCUT2D eigenvalue weighted by molar-refractivity contribution is 4.77. The molecule has 3 nitrogen and oxygen atoms in total. The molecule has 0 aromatic rings. The van der Waals surface area contributed by atoms with Crippen molar-refractivity contribution in [3.63, 3.8) is 0 Å². The maximum Gasteiger partial charge on any atom is 0.0621 e. The van der Waals surface area contributed by atoms with Crippen LogP contribution in [-0.2, 0) is 4.74 Å². The van der Waals surface area contributed by atoms with Crippen LogP contribution in [0.3, 0.4) is 0 Å². The van der Waals surface area contributed by atoms with Gasteiger partial charge in [0.1, 0.15) is 0 Å². The van der Waals surface area contributed by atoms with Gasteiger partial charge in [-0.15, -0.1) is 0 Å². The van der Waals surface area contributed by atoms with Gasteiger partial charge in [0.05, 0.1) is 12.2 Å². The molecule has 0 bridgehead atoms. The third kappa shape index (κ3) is 5.48. The summed E-state index contributed by atoms with van der Waals surface area (Å²) in [5.41, 5.74) is 0. The summed E-state index contributed by atoms with van der Waals surface area (Å²) in [5, 5.41) is 11.9. The fourth-order valence-corrected chi connectivity index (χ4v) is 2.28. The van der Waals surface area contributed by atoms with Crippen LogP contribution in [0, 0.1) is 11.3 Å². The van der Waals surface area contributed by atoms with Gasteiger partial charge in [0.25, 0.3) is 0 Å². The summed E-state index contributed by atoms with van der Waals surface area (Å²) in [6, 6.07) is 2.87. The predicted molar refractivity (Wildman–Crippen MR) is 65.1 cm³/mol. The van der Waals surface area contributed by atoms with Gasteiger partial charge in [0.2, 0.25) is 0 Å². The summed E-state index contributed by atoms with van der Waals surface area (Å²) in [5.74, 6) is 0. The third-order valence-corrected chi connectivity index (χ3v) is 3.20. The summed E-state index contributed by atoms with van der Waals surface area (Å²) in [6.45, 7) is 4.07. The van der Waals surface area contributed by atoms with Crippen LogP contribution in [0.1, 0.15) is 51.9 Å². The number of nitriles is 1. The van der Waals surface area contributed by atoms with E-state index in [1.54, 1.807) is 0 Å². The second-order valence-corrected chi connectivity index (χ2v) is 4.52. The number of hydrogen-bond acceptors (Lipinski definition) is 3. The Kier molecular flexibility index (Phi) is 7.20. The first-order valence-corrected chi connectivity index (χ1v) is 6.58. The highest BCUT2D eigenvalue weighted by Gasteiger charge is 2.20. The van der Waals surface area contributed by atoms with Crippen molar-refractivity contribution in [1.29, 1.82) is 5.26 Å². The molecule has 0 amide bonds. The van der Waals surface area contributed by atoms with Gasteiger partial charge < -0.3 is 10.1 Å². The van der Waals surface area contributed by atoms with Crippen molar-refractivity contribution in [2.45, 2.75) is 64.0 Å². The molecular formula is C13H24N2O. The Labute approximate surface area is 99.2 Å². The van der Waals surface area contributed by atoms with E-state index in [2.05, 4.69) is 18.3 Å². The quantitative estimate of drug-likeness (QED) is 0.676. The lowest BCUT2D eigenvalue weighted by molar-refractivity contribution is 0.0209. The van der Waals surface area contributed by atoms with Crippen molar-refractivity contribution >= 4 is 0 Å². The SMILES string of the molecule is CCNC1CCC(OCCCCC#N)CC1. The molecule has 0 spiro atoms. The molecule has 1 aliphatic rings. The summed E-state index contributed by atoms with van der Waals surface area (Å²) in [4.78, 5) is 0. The van der Waals surface area contributed by atoms with Gasteiger partial charge in [0.15, 0.2) is 0 Å². The van der Waals surface area contributed by atoms with Crippen LogP contribution in [0.4, 0.5) is 0 Å². The molecule has 16 heavy (non-hydrogen) atoms. The highest BCUT2D eigenvalue weighted by atomic mass is 16.5. The largest absolute Gasteiger partial charge is 0.378 e. The van der Waals surface area contributed by atoms with Gasteiger partial charge in [-0.2, -0.15) is 5.26 Å². The minimum absolute atomic E-state index is 0.469. The lowest BCUT2D eigenvalue weighted by Crippen LogP contribution is -2.35. The van der Waals surface area contributed by atoms with Crippen LogP contribution in [0.5, 0.6) is 0 Å². The lowest BCUT2D eigenvalue weighted by atomic mass is 9.93. The molecule has 3 heteroatoms. The minimum atomic E-state index is 0.469. The van der Waals surface area contributed by atoms with Crippen molar-refractivity contribution in [2.75, 3.05) is 13.2 Å². The molecule has 0 unspecified atom stereocenters. The molecule has 0 saturated heterocycles. The first-order chi connectivity index (χ1) is 7.86. The fourth-order valence-electron chi connectivity index (χ4n) is 2.28. The molecule has 0 aliphatic heterocycles. The topological polar surface area (TPSA) is 45.0 Å². The maximum absolute atomic E-state index is 8.40. The molecule has 1 rings (SSSR count). The molecule has 1 saturated carbocycles. The van der Waals surface area contributed by atoms with Gasteiger partial charge >= 0.3 is 0 Å². The molecule has 0 radical (unpaired) electrons. The smallest absolute Gasteiger partial charge is 0.0621 e. The fraction of sp³-hybridized carbons (Fsp3) is 0.923. The Morgan fingerprint density at radius 1 is 1.25 bits per heavy atom. The highest BCUT2D eigenvalue weighted by Crippen LogP contribution is 2.21. The van der Waals surface area contributed by atoms with Crippen molar-refractivity contribution in [2.24, 2.45) is 0 Å². The van der Waals surface area contributed by atoms with Crippen LogP contribution in [-0.4, -0.2) is 25.3 Å². The van der Waals surface area contributed by atoms with Gasteiger partial charge in [-0.1, -0.05) is 6.92 Å². The number of nitrogens with zero attached hydrogens (tertiary/aromatic N) is 1. The van der Waals surface area contributed by atoms with E-state index in [-0.39, 0.29) is 0 Å². The minimum Gasteiger partial charge on any atom is -0.378 e. The average molecular weight is 224 g/mol. The lowest BCUT2D eigenvalue weighted by Gasteiger charge is -2.29. The van der Waals surface area contributed by atoms with E-state index < -0.39 is 0 Å². The van der Waals surface area contributed by atoms with Crippen molar-refractivity contribution < 1.29 is 4.74 Å². The number of ether oxygens (including phenoxy) is 1. The van der Waals surface area contributed by atoms with Crippen LogP contribution in [0.2, 0.25) is 0 Å². The standard InChI is InChI=1S/C13H24N2O/c1-2-15-12-6-8-13(9-7-12)16-11-5-3-4-10-14/h12-13,15H,2-9,11H2,1H3. The molecule has 0 heterocycles.